The molecule has 4 aromatic rings. The SMILES string of the molecule is Cc1ccc(-c2nnc(CNCCc3ccc(Oc4ccc(C(N)=O)cn4)cc3)o2)cc1. The molecule has 0 atom stereocenters. The summed E-state index contributed by atoms with van der Waals surface area (Å²) in [5.41, 5.74) is 8.81. The van der Waals surface area contributed by atoms with Crippen molar-refractivity contribution < 1.29 is 13.9 Å². The summed E-state index contributed by atoms with van der Waals surface area (Å²) in [5, 5.41) is 11.5. The fraction of sp³-hybridized carbons (Fsp3) is 0.167. The highest BCUT2D eigenvalue weighted by Crippen LogP contribution is 2.20. The molecule has 0 saturated carbocycles. The smallest absolute Gasteiger partial charge is 0.250 e. The highest BCUT2D eigenvalue weighted by Gasteiger charge is 2.08. The summed E-state index contributed by atoms with van der Waals surface area (Å²) in [5.74, 6) is 1.62. The van der Waals surface area contributed by atoms with E-state index in [1.54, 1.807) is 12.1 Å². The Bertz CT molecular complexity index is 1170. The zero-order valence-corrected chi connectivity index (χ0v) is 17.6. The van der Waals surface area contributed by atoms with Crippen LogP contribution in [0.1, 0.15) is 27.4 Å². The maximum Gasteiger partial charge on any atom is 0.250 e. The van der Waals surface area contributed by atoms with Gasteiger partial charge in [0.1, 0.15) is 5.75 Å². The Balaban J connectivity index is 1.22. The molecule has 0 saturated heterocycles. The Kier molecular flexibility index (Phi) is 6.52. The van der Waals surface area contributed by atoms with Gasteiger partial charge in [-0.15, -0.1) is 10.2 Å². The number of aromatic nitrogens is 3. The molecule has 8 nitrogen and oxygen atoms in total. The lowest BCUT2D eigenvalue weighted by atomic mass is 10.1. The van der Waals surface area contributed by atoms with Crippen LogP contribution in [0.25, 0.3) is 11.5 Å². The monoisotopic (exact) mass is 429 g/mol. The average molecular weight is 429 g/mol. The van der Waals surface area contributed by atoms with Crippen LogP contribution in [-0.2, 0) is 13.0 Å². The van der Waals surface area contributed by atoms with Crippen molar-refractivity contribution in [1.82, 2.24) is 20.5 Å². The molecule has 2 aromatic heterocycles. The van der Waals surface area contributed by atoms with E-state index in [9.17, 15) is 4.79 Å². The van der Waals surface area contributed by atoms with Crippen molar-refractivity contribution in [2.45, 2.75) is 19.9 Å². The Morgan fingerprint density at radius 3 is 2.50 bits per heavy atom. The summed E-state index contributed by atoms with van der Waals surface area (Å²) in [6.45, 7) is 3.31. The number of primary amides is 1. The van der Waals surface area contributed by atoms with Crippen molar-refractivity contribution in [3.8, 4) is 23.1 Å². The molecule has 1 amide bonds. The maximum absolute atomic E-state index is 11.1. The van der Waals surface area contributed by atoms with E-state index in [1.807, 2.05) is 55.5 Å². The van der Waals surface area contributed by atoms with Crippen molar-refractivity contribution in [2.24, 2.45) is 5.73 Å². The summed E-state index contributed by atoms with van der Waals surface area (Å²) in [6.07, 6.45) is 2.23. The topological polar surface area (TPSA) is 116 Å². The van der Waals surface area contributed by atoms with Gasteiger partial charge in [0.25, 0.3) is 0 Å². The number of hydrogen-bond acceptors (Lipinski definition) is 7. The average Bonchev–Trinajstić information content (AvgIpc) is 3.28. The second-order valence-corrected chi connectivity index (χ2v) is 7.29. The number of ether oxygens (including phenoxy) is 1. The maximum atomic E-state index is 11.1. The normalized spacial score (nSPS) is 10.8. The van der Waals surface area contributed by atoms with Crippen molar-refractivity contribution in [3.63, 3.8) is 0 Å². The predicted octanol–water partition coefficient (Wildman–Crippen LogP) is 3.66. The van der Waals surface area contributed by atoms with Crippen LogP contribution in [0.5, 0.6) is 11.6 Å². The molecule has 2 heterocycles. The third kappa shape index (κ3) is 5.55. The summed E-state index contributed by atoms with van der Waals surface area (Å²) < 4.78 is 11.4. The van der Waals surface area contributed by atoms with Crippen LogP contribution in [-0.4, -0.2) is 27.6 Å². The number of carbonyl (C=O) groups is 1. The van der Waals surface area contributed by atoms with Crippen molar-refractivity contribution in [1.29, 1.82) is 0 Å². The molecule has 2 aromatic carbocycles. The van der Waals surface area contributed by atoms with Crippen LogP contribution in [0.3, 0.4) is 0 Å². The minimum atomic E-state index is -0.521. The molecule has 0 bridgehead atoms. The van der Waals surface area contributed by atoms with E-state index in [1.165, 1.54) is 11.8 Å². The Hall–Kier alpha value is -4.04. The fourth-order valence-corrected chi connectivity index (χ4v) is 3.00. The van der Waals surface area contributed by atoms with Gasteiger partial charge in [-0.25, -0.2) is 4.98 Å². The minimum Gasteiger partial charge on any atom is -0.439 e. The number of pyridine rings is 1. The first-order valence-corrected chi connectivity index (χ1v) is 10.2. The lowest BCUT2D eigenvalue weighted by molar-refractivity contribution is 0.1000. The van der Waals surface area contributed by atoms with Crippen LogP contribution < -0.4 is 15.8 Å². The Labute approximate surface area is 185 Å². The fourth-order valence-electron chi connectivity index (χ4n) is 3.00. The summed E-state index contributed by atoms with van der Waals surface area (Å²) in [7, 11) is 0. The Morgan fingerprint density at radius 2 is 1.81 bits per heavy atom. The number of nitrogens with one attached hydrogen (secondary N) is 1. The van der Waals surface area contributed by atoms with E-state index in [0.717, 1.165) is 24.1 Å². The van der Waals surface area contributed by atoms with Gasteiger partial charge in [0.15, 0.2) is 0 Å². The van der Waals surface area contributed by atoms with Gasteiger partial charge in [0.2, 0.25) is 23.6 Å². The zero-order valence-electron chi connectivity index (χ0n) is 17.6. The van der Waals surface area contributed by atoms with Crippen LogP contribution in [0.2, 0.25) is 0 Å². The molecule has 0 aliphatic rings. The third-order valence-electron chi connectivity index (χ3n) is 4.80. The number of rotatable bonds is 9. The predicted molar refractivity (Wildman–Crippen MR) is 119 cm³/mol. The van der Waals surface area contributed by atoms with Crippen LogP contribution >= 0.6 is 0 Å². The highest BCUT2D eigenvalue weighted by atomic mass is 16.5. The van der Waals surface area contributed by atoms with Crippen LogP contribution in [0.4, 0.5) is 0 Å². The van der Waals surface area contributed by atoms with Gasteiger partial charge in [-0.3, -0.25) is 4.79 Å². The molecular weight excluding hydrogens is 406 g/mol. The van der Waals surface area contributed by atoms with Crippen molar-refractivity contribution in [3.05, 3.63) is 89.4 Å². The molecule has 0 aliphatic heterocycles. The van der Waals surface area contributed by atoms with Gasteiger partial charge >= 0.3 is 0 Å². The van der Waals surface area contributed by atoms with Crippen LogP contribution in [0.15, 0.2) is 71.3 Å². The number of aryl methyl sites for hydroxylation is 1. The van der Waals surface area contributed by atoms with E-state index in [0.29, 0.717) is 35.5 Å². The molecule has 0 aliphatic carbocycles. The van der Waals surface area contributed by atoms with Crippen LogP contribution in [0, 0.1) is 6.92 Å². The first-order chi connectivity index (χ1) is 15.6. The molecule has 162 valence electrons. The number of benzene rings is 2. The lowest BCUT2D eigenvalue weighted by Crippen LogP contribution is -2.16. The van der Waals surface area contributed by atoms with Gasteiger partial charge in [-0.05, 0) is 55.8 Å². The quantitative estimate of drug-likeness (QED) is 0.390. The number of nitrogens with zero attached hydrogens (tertiary/aromatic N) is 3. The van der Waals surface area contributed by atoms with Gasteiger partial charge in [0, 0.05) is 17.8 Å². The molecule has 32 heavy (non-hydrogen) atoms. The highest BCUT2D eigenvalue weighted by molar-refractivity contribution is 5.92. The van der Waals surface area contributed by atoms with Gasteiger partial charge in [-0.2, -0.15) is 0 Å². The molecule has 3 N–H and O–H groups in total. The van der Waals surface area contributed by atoms with E-state index in [2.05, 4.69) is 20.5 Å². The first-order valence-electron chi connectivity index (χ1n) is 10.2. The van der Waals surface area contributed by atoms with E-state index >= 15 is 0 Å². The molecule has 0 unspecified atom stereocenters. The molecular formula is C24H23N5O3. The standard InChI is InChI=1S/C24H23N5O3/c1-16-2-6-18(7-3-16)24-29-28-22(32-24)15-26-13-12-17-4-9-20(10-5-17)31-21-11-8-19(14-27-21)23(25)30/h2-11,14,26H,12-13,15H2,1H3,(H2,25,30). The van der Waals surface area contributed by atoms with Crippen molar-refractivity contribution in [2.75, 3.05) is 6.54 Å². The minimum absolute atomic E-state index is 0.340. The van der Waals surface area contributed by atoms with Crippen molar-refractivity contribution >= 4 is 5.91 Å². The summed E-state index contributed by atoms with van der Waals surface area (Å²) in [4.78, 5) is 15.2. The third-order valence-corrected chi connectivity index (χ3v) is 4.80. The molecule has 0 radical (unpaired) electrons. The Morgan fingerprint density at radius 1 is 1.03 bits per heavy atom. The van der Waals surface area contributed by atoms with Gasteiger partial charge < -0.3 is 20.2 Å². The number of carbonyl (C=O) groups excluding carboxylic acids is 1. The molecule has 0 spiro atoms. The van der Waals surface area contributed by atoms with Gasteiger partial charge in [-0.1, -0.05) is 29.8 Å². The molecule has 0 fully saturated rings. The lowest BCUT2D eigenvalue weighted by Gasteiger charge is -2.07. The number of hydrogen-bond donors (Lipinski definition) is 2. The van der Waals surface area contributed by atoms with Gasteiger partial charge in [0.05, 0.1) is 12.1 Å². The summed E-state index contributed by atoms with van der Waals surface area (Å²) >= 11 is 0. The second-order valence-electron chi connectivity index (χ2n) is 7.29. The summed E-state index contributed by atoms with van der Waals surface area (Å²) in [6, 6.07) is 18.9. The van der Waals surface area contributed by atoms with E-state index in [-0.39, 0.29) is 0 Å². The zero-order chi connectivity index (χ0) is 22.3. The molecule has 4 rings (SSSR count). The number of nitrogens with two attached hydrogens (primary N) is 1. The van der Waals surface area contributed by atoms with E-state index in [4.69, 9.17) is 14.9 Å². The van der Waals surface area contributed by atoms with E-state index < -0.39 is 5.91 Å². The largest absolute Gasteiger partial charge is 0.439 e. The number of amides is 1. The second kappa shape index (κ2) is 9.84. The molecule has 8 heteroatoms. The first kappa shape index (κ1) is 21.2.